The molecule has 0 saturated carbocycles. The lowest BCUT2D eigenvalue weighted by atomic mass is 10.1. The van der Waals surface area contributed by atoms with Crippen LogP contribution in [-0.4, -0.2) is 54.9 Å². The van der Waals surface area contributed by atoms with Gasteiger partial charge in [0.2, 0.25) is 0 Å². The van der Waals surface area contributed by atoms with Gasteiger partial charge in [-0.05, 0) is 19.4 Å². The maximum Gasteiger partial charge on any atom is 0.0110 e. The predicted octanol–water partition coefficient (Wildman–Crippen LogP) is 2.04. The highest BCUT2D eigenvalue weighted by Crippen LogP contribution is 2.12. The molecule has 0 aromatic carbocycles. The van der Waals surface area contributed by atoms with Crippen LogP contribution in [0.2, 0.25) is 0 Å². The number of rotatable bonds is 5. The van der Waals surface area contributed by atoms with Crippen LogP contribution in [0, 0.1) is 5.92 Å². The van der Waals surface area contributed by atoms with Gasteiger partial charge in [-0.15, -0.1) is 0 Å². The Balaban J connectivity index is 2.21. The Morgan fingerprint density at radius 1 is 1.21 bits per heavy atom. The smallest absolute Gasteiger partial charge is 0.0110 e. The standard InChI is InChI=1S/C11H23BrN2/c1-3-4-11(9-12)10-14-7-5-13(2)6-8-14/h11H,3-10H2,1-2H3. The fourth-order valence-corrected chi connectivity index (χ4v) is 2.55. The molecular formula is C11H23BrN2. The Morgan fingerprint density at radius 2 is 1.86 bits per heavy atom. The minimum absolute atomic E-state index is 0.850. The summed E-state index contributed by atoms with van der Waals surface area (Å²) >= 11 is 3.62. The Bertz CT molecular complexity index is 144. The molecule has 1 saturated heterocycles. The van der Waals surface area contributed by atoms with E-state index in [1.165, 1.54) is 45.6 Å². The van der Waals surface area contributed by atoms with Crippen molar-refractivity contribution in [3.63, 3.8) is 0 Å². The van der Waals surface area contributed by atoms with Gasteiger partial charge in [0.1, 0.15) is 0 Å². The van der Waals surface area contributed by atoms with Gasteiger partial charge in [0.25, 0.3) is 0 Å². The zero-order valence-corrected chi connectivity index (χ0v) is 11.1. The summed E-state index contributed by atoms with van der Waals surface area (Å²) in [5, 5.41) is 1.16. The lowest BCUT2D eigenvalue weighted by Gasteiger charge is -2.34. The minimum atomic E-state index is 0.850. The van der Waals surface area contributed by atoms with Crippen LogP contribution in [0.4, 0.5) is 0 Å². The molecule has 0 spiro atoms. The molecule has 0 aromatic rings. The summed E-state index contributed by atoms with van der Waals surface area (Å²) in [4.78, 5) is 5.03. The molecule has 1 aliphatic heterocycles. The van der Waals surface area contributed by atoms with E-state index in [-0.39, 0.29) is 0 Å². The van der Waals surface area contributed by atoms with Gasteiger partial charge in [0.15, 0.2) is 0 Å². The normalized spacial score (nSPS) is 22.5. The molecule has 84 valence electrons. The maximum atomic E-state index is 3.62. The maximum absolute atomic E-state index is 3.62. The predicted molar refractivity (Wildman–Crippen MR) is 66.1 cm³/mol. The highest BCUT2D eigenvalue weighted by Gasteiger charge is 2.16. The fourth-order valence-electron chi connectivity index (χ4n) is 2.02. The van der Waals surface area contributed by atoms with Crippen LogP contribution in [0.3, 0.4) is 0 Å². The molecule has 1 atom stereocenters. The molecule has 0 aliphatic carbocycles. The summed E-state index contributed by atoms with van der Waals surface area (Å²) in [5.41, 5.74) is 0. The first kappa shape index (κ1) is 12.5. The third-order valence-corrected chi connectivity index (χ3v) is 3.94. The molecule has 14 heavy (non-hydrogen) atoms. The zero-order chi connectivity index (χ0) is 10.4. The highest BCUT2D eigenvalue weighted by molar-refractivity contribution is 9.09. The van der Waals surface area contributed by atoms with E-state index in [4.69, 9.17) is 0 Å². The van der Waals surface area contributed by atoms with Crippen molar-refractivity contribution in [2.75, 3.05) is 45.1 Å². The van der Waals surface area contributed by atoms with E-state index < -0.39 is 0 Å². The van der Waals surface area contributed by atoms with E-state index in [2.05, 4.69) is 39.7 Å². The van der Waals surface area contributed by atoms with Gasteiger partial charge < -0.3 is 9.80 Å². The Morgan fingerprint density at radius 3 is 2.36 bits per heavy atom. The SMILES string of the molecule is CCCC(CBr)CN1CCN(C)CC1. The first-order valence-electron chi connectivity index (χ1n) is 5.73. The van der Waals surface area contributed by atoms with E-state index >= 15 is 0 Å². The van der Waals surface area contributed by atoms with E-state index in [1.807, 2.05) is 0 Å². The molecular weight excluding hydrogens is 240 g/mol. The average molecular weight is 263 g/mol. The number of halogens is 1. The third kappa shape index (κ3) is 4.28. The molecule has 0 bridgehead atoms. The third-order valence-electron chi connectivity index (χ3n) is 3.03. The fraction of sp³-hybridized carbons (Fsp3) is 1.00. The average Bonchev–Trinajstić information content (AvgIpc) is 2.20. The molecule has 0 radical (unpaired) electrons. The first-order chi connectivity index (χ1) is 6.76. The number of hydrogen-bond acceptors (Lipinski definition) is 2. The number of likely N-dealkylation sites (N-methyl/N-ethyl adjacent to an activating group) is 1. The molecule has 1 unspecified atom stereocenters. The summed E-state index contributed by atoms with van der Waals surface area (Å²) in [6, 6.07) is 0. The van der Waals surface area contributed by atoms with Gasteiger partial charge >= 0.3 is 0 Å². The Labute approximate surface area is 96.8 Å². The number of alkyl halides is 1. The van der Waals surface area contributed by atoms with Crippen molar-refractivity contribution in [1.82, 2.24) is 9.80 Å². The second kappa shape index (κ2) is 6.81. The molecule has 3 heteroatoms. The van der Waals surface area contributed by atoms with E-state index in [9.17, 15) is 0 Å². The molecule has 1 heterocycles. The minimum Gasteiger partial charge on any atom is -0.304 e. The largest absolute Gasteiger partial charge is 0.304 e. The second-order valence-corrected chi connectivity index (χ2v) is 5.06. The van der Waals surface area contributed by atoms with Gasteiger partial charge in [-0.25, -0.2) is 0 Å². The lowest BCUT2D eigenvalue weighted by molar-refractivity contribution is 0.138. The van der Waals surface area contributed by atoms with Crippen LogP contribution in [0.15, 0.2) is 0 Å². The highest BCUT2D eigenvalue weighted by atomic mass is 79.9. The van der Waals surface area contributed by atoms with E-state index in [0.29, 0.717) is 0 Å². The first-order valence-corrected chi connectivity index (χ1v) is 6.85. The van der Waals surface area contributed by atoms with Gasteiger partial charge in [-0.1, -0.05) is 29.3 Å². The van der Waals surface area contributed by atoms with Crippen LogP contribution < -0.4 is 0 Å². The summed E-state index contributed by atoms with van der Waals surface area (Å²) in [6.07, 6.45) is 2.67. The second-order valence-electron chi connectivity index (χ2n) is 4.41. The zero-order valence-electron chi connectivity index (χ0n) is 9.51. The van der Waals surface area contributed by atoms with Gasteiger partial charge in [-0.2, -0.15) is 0 Å². The summed E-state index contributed by atoms with van der Waals surface area (Å²) in [7, 11) is 2.21. The van der Waals surface area contributed by atoms with Crippen molar-refractivity contribution < 1.29 is 0 Å². The Hall–Kier alpha value is 0.400. The summed E-state index contributed by atoms with van der Waals surface area (Å²) in [5.74, 6) is 0.850. The van der Waals surface area contributed by atoms with Crippen molar-refractivity contribution in [3.05, 3.63) is 0 Å². The van der Waals surface area contributed by atoms with Crippen LogP contribution in [0.5, 0.6) is 0 Å². The van der Waals surface area contributed by atoms with Crippen molar-refractivity contribution >= 4 is 15.9 Å². The quantitative estimate of drug-likeness (QED) is 0.700. The van der Waals surface area contributed by atoms with Gasteiger partial charge in [-0.3, -0.25) is 0 Å². The molecule has 0 N–H and O–H groups in total. The van der Waals surface area contributed by atoms with E-state index in [0.717, 1.165) is 11.2 Å². The topological polar surface area (TPSA) is 6.48 Å². The van der Waals surface area contributed by atoms with Crippen molar-refractivity contribution in [2.45, 2.75) is 19.8 Å². The van der Waals surface area contributed by atoms with Gasteiger partial charge in [0.05, 0.1) is 0 Å². The van der Waals surface area contributed by atoms with Crippen molar-refractivity contribution in [3.8, 4) is 0 Å². The number of piperazine rings is 1. The lowest BCUT2D eigenvalue weighted by Crippen LogP contribution is -2.46. The van der Waals surface area contributed by atoms with Crippen LogP contribution in [-0.2, 0) is 0 Å². The number of hydrogen-bond donors (Lipinski definition) is 0. The van der Waals surface area contributed by atoms with Crippen molar-refractivity contribution in [1.29, 1.82) is 0 Å². The van der Waals surface area contributed by atoms with Crippen LogP contribution in [0.1, 0.15) is 19.8 Å². The molecule has 1 aliphatic rings. The van der Waals surface area contributed by atoms with Crippen LogP contribution in [0.25, 0.3) is 0 Å². The monoisotopic (exact) mass is 262 g/mol. The molecule has 0 aromatic heterocycles. The molecule has 1 rings (SSSR count). The molecule has 1 fully saturated rings. The summed E-state index contributed by atoms with van der Waals surface area (Å²) < 4.78 is 0. The molecule has 0 amide bonds. The number of nitrogens with zero attached hydrogens (tertiary/aromatic N) is 2. The van der Waals surface area contributed by atoms with Gasteiger partial charge in [0, 0.05) is 38.1 Å². The van der Waals surface area contributed by atoms with E-state index in [1.54, 1.807) is 0 Å². The summed E-state index contributed by atoms with van der Waals surface area (Å²) in [6.45, 7) is 8.54. The van der Waals surface area contributed by atoms with Crippen molar-refractivity contribution in [2.24, 2.45) is 5.92 Å². The molecule has 2 nitrogen and oxygen atoms in total. The Kier molecular flexibility index (Phi) is 6.06. The van der Waals surface area contributed by atoms with Crippen LogP contribution >= 0.6 is 15.9 Å².